The van der Waals surface area contributed by atoms with Gasteiger partial charge in [-0.3, -0.25) is 25.3 Å². The molecular formula is C26H27N7O4. The molecule has 3 aliphatic rings. The number of nitrogens with one attached hydrogen (secondary N) is 4. The number of amides is 4. The second-order valence-electron chi connectivity index (χ2n) is 9.28. The fraction of sp³-hybridized carbons (Fsp3) is 0.346. The summed E-state index contributed by atoms with van der Waals surface area (Å²) in [5.41, 5.74) is 0.726. The molecule has 11 heteroatoms. The maximum Gasteiger partial charge on any atom is 0.323 e. The van der Waals surface area contributed by atoms with E-state index in [-0.39, 0.29) is 25.0 Å². The minimum atomic E-state index is -1.61. The van der Waals surface area contributed by atoms with Crippen LogP contribution >= 0.6 is 0 Å². The maximum absolute atomic E-state index is 13.1. The molecule has 2 saturated heterocycles. The van der Waals surface area contributed by atoms with Crippen molar-refractivity contribution in [2.24, 2.45) is 0 Å². The number of benzene rings is 1. The van der Waals surface area contributed by atoms with E-state index in [1.807, 2.05) is 11.0 Å². The number of ether oxygens (including phenoxy) is 1. The van der Waals surface area contributed by atoms with Crippen molar-refractivity contribution >= 4 is 23.7 Å². The van der Waals surface area contributed by atoms with Gasteiger partial charge in [-0.2, -0.15) is 0 Å². The standard InChI is InChI=1S/C26H27N7O4/c1-16-12-28-9-10-33(16)22(27)21-6-3-17(13-29-21)7-8-26(24(35)30-25(36)31-26)15-32-14-18-4-5-19(37-2)11-20(18)23(32)34/h3-6,11,13,16,27-28H,9-10,12,14-15H2,1-2H3,(H2,30,31,35,36)/t16-,26+/m0/s1. The van der Waals surface area contributed by atoms with Crippen LogP contribution in [0.1, 0.15) is 34.1 Å². The lowest BCUT2D eigenvalue weighted by Gasteiger charge is -2.35. The summed E-state index contributed by atoms with van der Waals surface area (Å²) >= 11 is 0. The number of fused-ring (bicyclic) bond motifs is 1. The normalized spacial score (nSPS) is 22.6. The molecule has 4 amide bonds. The van der Waals surface area contributed by atoms with Gasteiger partial charge in [0.25, 0.3) is 11.8 Å². The van der Waals surface area contributed by atoms with Crippen molar-refractivity contribution in [3.05, 3.63) is 58.9 Å². The van der Waals surface area contributed by atoms with Crippen molar-refractivity contribution in [3.63, 3.8) is 0 Å². The van der Waals surface area contributed by atoms with Gasteiger partial charge in [0.15, 0.2) is 0 Å². The third-order valence-corrected chi connectivity index (χ3v) is 6.78. The Morgan fingerprint density at radius 1 is 1.27 bits per heavy atom. The summed E-state index contributed by atoms with van der Waals surface area (Å²) in [5, 5.41) is 16.7. The number of piperazine rings is 1. The highest BCUT2D eigenvalue weighted by atomic mass is 16.5. The lowest BCUT2D eigenvalue weighted by Crippen LogP contribution is -2.54. The first kappa shape index (κ1) is 24.3. The van der Waals surface area contributed by atoms with E-state index >= 15 is 0 Å². The van der Waals surface area contributed by atoms with E-state index in [2.05, 4.69) is 39.7 Å². The van der Waals surface area contributed by atoms with Gasteiger partial charge in [-0.15, -0.1) is 0 Å². The van der Waals surface area contributed by atoms with Crippen LogP contribution in [0.2, 0.25) is 0 Å². The topological polar surface area (TPSA) is 140 Å². The quantitative estimate of drug-likeness (QED) is 0.204. The SMILES string of the molecule is COc1ccc2c(c1)C(=O)N(C[C@@]1(C#Cc3ccc(C(=N)N4CCNC[C@@H]4C)nc3)NC(=O)NC1=O)C2. The molecule has 37 heavy (non-hydrogen) atoms. The fourth-order valence-electron chi connectivity index (χ4n) is 4.72. The smallest absolute Gasteiger partial charge is 0.323 e. The van der Waals surface area contributed by atoms with Gasteiger partial charge in [0, 0.05) is 49.5 Å². The van der Waals surface area contributed by atoms with Crippen molar-refractivity contribution in [2.45, 2.75) is 25.0 Å². The summed E-state index contributed by atoms with van der Waals surface area (Å²) in [6.07, 6.45) is 1.54. The first-order valence-corrected chi connectivity index (χ1v) is 11.9. The Kier molecular flexibility index (Phi) is 6.27. The molecule has 4 heterocycles. The number of pyridine rings is 1. The van der Waals surface area contributed by atoms with E-state index in [0.717, 1.165) is 25.2 Å². The molecule has 2 aromatic rings. The van der Waals surface area contributed by atoms with E-state index in [0.29, 0.717) is 28.4 Å². The monoisotopic (exact) mass is 501 g/mol. The summed E-state index contributed by atoms with van der Waals surface area (Å²) in [6.45, 7) is 4.57. The van der Waals surface area contributed by atoms with Crippen LogP contribution in [-0.4, -0.2) is 83.3 Å². The molecule has 0 aliphatic carbocycles. The van der Waals surface area contributed by atoms with Crippen LogP contribution in [0.3, 0.4) is 0 Å². The largest absolute Gasteiger partial charge is 0.497 e. The van der Waals surface area contributed by atoms with Crippen molar-refractivity contribution in [1.29, 1.82) is 5.41 Å². The Hall–Kier alpha value is -4.43. The molecule has 2 fully saturated rings. The highest BCUT2D eigenvalue weighted by Crippen LogP contribution is 2.28. The number of hydrogen-bond donors (Lipinski definition) is 4. The van der Waals surface area contributed by atoms with Crippen molar-refractivity contribution in [1.82, 2.24) is 30.7 Å². The second-order valence-corrected chi connectivity index (χ2v) is 9.28. The summed E-state index contributed by atoms with van der Waals surface area (Å²) in [6, 6.07) is 8.20. The fourth-order valence-corrected chi connectivity index (χ4v) is 4.72. The number of carbonyl (C=O) groups excluding carboxylic acids is 3. The van der Waals surface area contributed by atoms with Crippen LogP contribution in [0, 0.1) is 17.3 Å². The average Bonchev–Trinajstić information content (AvgIpc) is 3.36. The van der Waals surface area contributed by atoms with E-state index in [1.54, 1.807) is 24.3 Å². The summed E-state index contributed by atoms with van der Waals surface area (Å²) in [4.78, 5) is 45.8. The third kappa shape index (κ3) is 4.59. The Balaban J connectivity index is 1.36. The number of amidine groups is 1. The van der Waals surface area contributed by atoms with Crippen LogP contribution in [0.4, 0.5) is 4.79 Å². The number of rotatable bonds is 4. The minimum absolute atomic E-state index is 0.121. The van der Waals surface area contributed by atoms with Gasteiger partial charge in [0.05, 0.1) is 13.7 Å². The lowest BCUT2D eigenvalue weighted by molar-refractivity contribution is -0.122. The van der Waals surface area contributed by atoms with Crippen molar-refractivity contribution in [2.75, 3.05) is 33.3 Å². The molecule has 3 aliphatic heterocycles. The first-order chi connectivity index (χ1) is 17.8. The summed E-state index contributed by atoms with van der Waals surface area (Å²) < 4.78 is 5.22. The zero-order valence-corrected chi connectivity index (χ0v) is 20.6. The zero-order chi connectivity index (χ0) is 26.2. The van der Waals surface area contributed by atoms with Gasteiger partial charge in [0.2, 0.25) is 5.54 Å². The molecule has 0 radical (unpaired) electrons. The number of nitrogens with zero attached hydrogens (tertiary/aromatic N) is 3. The molecule has 0 spiro atoms. The van der Waals surface area contributed by atoms with Gasteiger partial charge >= 0.3 is 6.03 Å². The van der Waals surface area contributed by atoms with E-state index in [1.165, 1.54) is 18.2 Å². The molecule has 0 bridgehead atoms. The summed E-state index contributed by atoms with van der Waals surface area (Å²) in [7, 11) is 1.53. The molecule has 1 aromatic heterocycles. The maximum atomic E-state index is 13.1. The van der Waals surface area contributed by atoms with Crippen LogP contribution in [0.15, 0.2) is 36.5 Å². The predicted molar refractivity (Wildman–Crippen MR) is 134 cm³/mol. The van der Waals surface area contributed by atoms with Crippen LogP contribution in [0.5, 0.6) is 5.75 Å². The summed E-state index contributed by atoms with van der Waals surface area (Å²) in [5.74, 6) is 5.82. The van der Waals surface area contributed by atoms with Gasteiger partial charge in [0.1, 0.15) is 17.3 Å². The Bertz CT molecular complexity index is 1350. The number of hydrogen-bond acceptors (Lipinski definition) is 7. The average molecular weight is 502 g/mol. The Morgan fingerprint density at radius 2 is 2.11 bits per heavy atom. The molecular weight excluding hydrogens is 474 g/mol. The molecule has 190 valence electrons. The van der Waals surface area contributed by atoms with Crippen LogP contribution < -0.4 is 20.7 Å². The van der Waals surface area contributed by atoms with Crippen molar-refractivity contribution < 1.29 is 19.1 Å². The molecule has 2 atom stereocenters. The zero-order valence-electron chi connectivity index (χ0n) is 20.6. The molecule has 11 nitrogen and oxygen atoms in total. The minimum Gasteiger partial charge on any atom is -0.497 e. The van der Waals surface area contributed by atoms with E-state index in [9.17, 15) is 14.4 Å². The van der Waals surface area contributed by atoms with Crippen molar-refractivity contribution in [3.8, 4) is 17.6 Å². The molecule has 4 N–H and O–H groups in total. The molecule has 0 saturated carbocycles. The van der Waals surface area contributed by atoms with Gasteiger partial charge in [-0.1, -0.05) is 17.9 Å². The van der Waals surface area contributed by atoms with Crippen LogP contribution in [-0.2, 0) is 11.3 Å². The first-order valence-electron chi connectivity index (χ1n) is 11.9. The predicted octanol–water partition coefficient (Wildman–Crippen LogP) is 0.295. The Morgan fingerprint density at radius 3 is 2.78 bits per heavy atom. The number of methoxy groups -OCH3 is 1. The number of urea groups is 1. The van der Waals surface area contributed by atoms with Gasteiger partial charge in [-0.25, -0.2) is 4.79 Å². The second kappa shape index (κ2) is 9.55. The Labute approximate surface area is 214 Å². The molecule has 5 rings (SSSR count). The van der Waals surface area contributed by atoms with Gasteiger partial charge < -0.3 is 25.2 Å². The highest BCUT2D eigenvalue weighted by molar-refractivity contribution is 6.10. The highest BCUT2D eigenvalue weighted by Gasteiger charge is 2.48. The molecule has 1 aromatic carbocycles. The number of carbonyl (C=O) groups is 3. The third-order valence-electron chi connectivity index (χ3n) is 6.78. The van der Waals surface area contributed by atoms with Crippen LogP contribution in [0.25, 0.3) is 0 Å². The van der Waals surface area contributed by atoms with E-state index < -0.39 is 17.5 Å². The molecule has 0 unspecified atom stereocenters. The van der Waals surface area contributed by atoms with E-state index in [4.69, 9.17) is 10.1 Å². The lowest BCUT2D eigenvalue weighted by atomic mass is 9.99. The number of imide groups is 1. The van der Waals surface area contributed by atoms with Gasteiger partial charge in [-0.05, 0) is 36.8 Å². The number of aromatic nitrogens is 1.